The lowest BCUT2D eigenvalue weighted by Crippen LogP contribution is -2.27. The van der Waals surface area contributed by atoms with Gasteiger partial charge in [0, 0.05) is 24.0 Å². The van der Waals surface area contributed by atoms with Gasteiger partial charge < -0.3 is 0 Å². The van der Waals surface area contributed by atoms with Gasteiger partial charge in [0.05, 0.1) is 5.03 Å². The number of hydrogen-bond acceptors (Lipinski definition) is 3. The summed E-state index contributed by atoms with van der Waals surface area (Å²) >= 11 is 2.00. The minimum Gasteiger partial charge on any atom is -0.296 e. The molecular weight excluding hydrogens is 288 g/mol. The molecule has 1 aromatic rings. The first-order valence-electron chi connectivity index (χ1n) is 9.09. The van der Waals surface area contributed by atoms with Crippen molar-refractivity contribution in [2.75, 3.05) is 13.1 Å². The fraction of sp³-hybridized carbons (Fsp3) is 0.737. The molecule has 22 heavy (non-hydrogen) atoms. The van der Waals surface area contributed by atoms with E-state index >= 15 is 0 Å². The van der Waals surface area contributed by atoms with Crippen LogP contribution in [0.1, 0.15) is 70.4 Å². The van der Waals surface area contributed by atoms with Gasteiger partial charge in [0.15, 0.2) is 0 Å². The average Bonchev–Trinajstić information content (AvgIpc) is 2.96. The van der Waals surface area contributed by atoms with Crippen LogP contribution in [-0.4, -0.2) is 28.2 Å². The lowest BCUT2D eigenvalue weighted by Gasteiger charge is -2.26. The Labute approximate surface area is 140 Å². The van der Waals surface area contributed by atoms with Crippen LogP contribution in [0.3, 0.4) is 0 Å². The number of rotatable bonds is 5. The number of aromatic nitrogens is 1. The maximum atomic E-state index is 4.77. The molecule has 1 atom stereocenters. The molecule has 0 N–H and O–H groups in total. The predicted molar refractivity (Wildman–Crippen MR) is 95.4 cm³/mol. The van der Waals surface area contributed by atoms with Crippen molar-refractivity contribution in [3.63, 3.8) is 0 Å². The van der Waals surface area contributed by atoms with Gasteiger partial charge in [-0.25, -0.2) is 4.98 Å². The topological polar surface area (TPSA) is 16.1 Å². The molecule has 0 bridgehead atoms. The van der Waals surface area contributed by atoms with Crippen molar-refractivity contribution in [1.82, 2.24) is 9.88 Å². The zero-order valence-electron chi connectivity index (χ0n) is 14.1. The van der Waals surface area contributed by atoms with Gasteiger partial charge >= 0.3 is 0 Å². The van der Waals surface area contributed by atoms with Crippen molar-refractivity contribution in [3.05, 3.63) is 23.9 Å². The van der Waals surface area contributed by atoms with Crippen molar-refractivity contribution >= 4 is 11.8 Å². The molecule has 2 nitrogen and oxygen atoms in total. The number of thioether (sulfide) groups is 1. The zero-order valence-corrected chi connectivity index (χ0v) is 14.9. The minimum absolute atomic E-state index is 0.601. The van der Waals surface area contributed by atoms with Gasteiger partial charge in [0.2, 0.25) is 0 Å². The van der Waals surface area contributed by atoms with Crippen molar-refractivity contribution in [3.8, 4) is 0 Å². The lowest BCUT2D eigenvalue weighted by atomic mass is 10.0. The quantitative estimate of drug-likeness (QED) is 0.733. The van der Waals surface area contributed by atoms with E-state index in [2.05, 4.69) is 37.1 Å². The first-order valence-corrected chi connectivity index (χ1v) is 9.97. The fourth-order valence-corrected chi connectivity index (χ4v) is 5.07. The summed E-state index contributed by atoms with van der Waals surface area (Å²) in [4.78, 5) is 7.42. The summed E-state index contributed by atoms with van der Waals surface area (Å²) in [6, 6.07) is 5.20. The predicted octanol–water partition coefficient (Wildman–Crippen LogP) is 5.30. The molecule has 1 saturated carbocycles. The largest absolute Gasteiger partial charge is 0.296 e. The first-order chi connectivity index (χ1) is 10.7. The van der Waals surface area contributed by atoms with Gasteiger partial charge in [-0.3, -0.25) is 4.90 Å². The summed E-state index contributed by atoms with van der Waals surface area (Å²) < 4.78 is 0. The third-order valence-corrected chi connectivity index (χ3v) is 6.23. The monoisotopic (exact) mass is 318 g/mol. The Balaban J connectivity index is 1.60. The Morgan fingerprint density at radius 1 is 1.14 bits per heavy atom. The maximum Gasteiger partial charge on any atom is 0.0962 e. The molecule has 0 spiro atoms. The summed E-state index contributed by atoms with van der Waals surface area (Å²) in [5.74, 6) is 0.745. The average molecular weight is 319 g/mol. The van der Waals surface area contributed by atoms with Gasteiger partial charge in [-0.1, -0.05) is 39.2 Å². The lowest BCUT2D eigenvalue weighted by molar-refractivity contribution is 0.228. The standard InChI is InChI=1S/C19H30N2S/c1-15(2)14-21-12-6-9-18(21)16-10-11-19(20-13-16)22-17-7-4-3-5-8-17/h10-11,13,15,17-18H,3-9,12,14H2,1-2H3. The van der Waals surface area contributed by atoms with E-state index in [4.69, 9.17) is 4.98 Å². The summed E-state index contributed by atoms with van der Waals surface area (Å²) in [6.07, 6.45) is 11.8. The molecule has 3 rings (SSSR count). The molecule has 3 heteroatoms. The number of likely N-dealkylation sites (tertiary alicyclic amines) is 1. The SMILES string of the molecule is CC(C)CN1CCCC1c1ccc(SC2CCCCC2)nc1. The molecule has 122 valence electrons. The van der Waals surface area contributed by atoms with E-state index in [1.807, 2.05) is 11.8 Å². The summed E-state index contributed by atoms with van der Waals surface area (Å²) in [5.41, 5.74) is 1.42. The molecule has 1 aromatic heterocycles. The molecule has 2 aliphatic rings. The molecule has 0 amide bonds. The van der Waals surface area contributed by atoms with Crippen LogP contribution in [0, 0.1) is 5.92 Å². The highest BCUT2D eigenvalue weighted by Crippen LogP contribution is 2.35. The molecule has 2 fully saturated rings. The fourth-order valence-electron chi connectivity index (χ4n) is 3.90. The first kappa shape index (κ1) is 16.3. The van der Waals surface area contributed by atoms with Crippen molar-refractivity contribution < 1.29 is 0 Å². The molecule has 1 aliphatic heterocycles. The third-order valence-electron chi connectivity index (χ3n) is 4.95. The Bertz CT molecular complexity index is 451. The molecule has 0 radical (unpaired) electrons. The highest BCUT2D eigenvalue weighted by atomic mass is 32.2. The van der Waals surface area contributed by atoms with Gasteiger partial charge in [-0.15, -0.1) is 11.8 Å². The van der Waals surface area contributed by atoms with E-state index in [1.165, 1.54) is 68.6 Å². The Morgan fingerprint density at radius 2 is 1.95 bits per heavy atom. The Hall–Kier alpha value is -0.540. The van der Waals surface area contributed by atoms with Gasteiger partial charge in [-0.2, -0.15) is 0 Å². The van der Waals surface area contributed by atoms with Crippen LogP contribution in [0.2, 0.25) is 0 Å². The van der Waals surface area contributed by atoms with Gasteiger partial charge in [0.1, 0.15) is 0 Å². The zero-order chi connectivity index (χ0) is 15.4. The molecule has 0 aromatic carbocycles. The van der Waals surface area contributed by atoms with Gasteiger partial charge in [-0.05, 0) is 49.8 Å². The van der Waals surface area contributed by atoms with E-state index < -0.39 is 0 Å². The summed E-state index contributed by atoms with van der Waals surface area (Å²) in [6.45, 7) is 7.10. The van der Waals surface area contributed by atoms with Gasteiger partial charge in [0.25, 0.3) is 0 Å². The van der Waals surface area contributed by atoms with Crippen LogP contribution in [0.5, 0.6) is 0 Å². The Morgan fingerprint density at radius 3 is 2.64 bits per heavy atom. The minimum atomic E-state index is 0.601. The molecule has 1 unspecified atom stereocenters. The second-order valence-corrected chi connectivity index (χ2v) is 8.68. The molecule has 1 saturated heterocycles. The van der Waals surface area contributed by atoms with Crippen LogP contribution in [0.4, 0.5) is 0 Å². The van der Waals surface area contributed by atoms with Crippen LogP contribution in [-0.2, 0) is 0 Å². The second kappa shape index (κ2) is 7.83. The molecule has 1 aliphatic carbocycles. The third kappa shape index (κ3) is 4.26. The Kier molecular flexibility index (Phi) is 5.81. The summed E-state index contributed by atoms with van der Waals surface area (Å²) in [7, 11) is 0. The highest BCUT2D eigenvalue weighted by molar-refractivity contribution is 7.99. The number of nitrogens with zero attached hydrogens (tertiary/aromatic N) is 2. The van der Waals surface area contributed by atoms with Crippen molar-refractivity contribution in [2.45, 2.75) is 75.1 Å². The van der Waals surface area contributed by atoms with E-state index in [0.29, 0.717) is 6.04 Å². The van der Waals surface area contributed by atoms with Crippen LogP contribution < -0.4 is 0 Å². The number of pyridine rings is 1. The van der Waals surface area contributed by atoms with Crippen LogP contribution in [0.15, 0.2) is 23.4 Å². The van der Waals surface area contributed by atoms with Crippen LogP contribution in [0.25, 0.3) is 0 Å². The van der Waals surface area contributed by atoms with E-state index in [9.17, 15) is 0 Å². The van der Waals surface area contributed by atoms with E-state index in [0.717, 1.165) is 11.2 Å². The molecule has 2 heterocycles. The smallest absolute Gasteiger partial charge is 0.0962 e. The van der Waals surface area contributed by atoms with E-state index in [-0.39, 0.29) is 0 Å². The number of hydrogen-bond donors (Lipinski definition) is 0. The van der Waals surface area contributed by atoms with Crippen molar-refractivity contribution in [1.29, 1.82) is 0 Å². The normalized spacial score (nSPS) is 24.2. The summed E-state index contributed by atoms with van der Waals surface area (Å²) in [5, 5.41) is 2.03. The van der Waals surface area contributed by atoms with Crippen LogP contribution >= 0.6 is 11.8 Å². The molecular formula is C19H30N2S. The maximum absolute atomic E-state index is 4.77. The van der Waals surface area contributed by atoms with E-state index in [1.54, 1.807) is 0 Å². The van der Waals surface area contributed by atoms with Crippen molar-refractivity contribution in [2.24, 2.45) is 5.92 Å². The second-order valence-electron chi connectivity index (χ2n) is 7.35. The highest BCUT2D eigenvalue weighted by Gasteiger charge is 2.26.